The van der Waals surface area contributed by atoms with Crippen LogP contribution < -0.4 is 9.80 Å². The summed E-state index contributed by atoms with van der Waals surface area (Å²) in [5, 5.41) is 4.57. The quantitative estimate of drug-likeness (QED) is 0.121. The van der Waals surface area contributed by atoms with Crippen LogP contribution in [-0.4, -0.2) is 14.5 Å². The van der Waals surface area contributed by atoms with Crippen molar-refractivity contribution in [2.75, 3.05) is 9.80 Å². The molecule has 0 aliphatic carbocycles. The molecule has 3 aromatic heterocycles. The molecule has 11 aromatic carbocycles. The molecule has 0 saturated heterocycles. The van der Waals surface area contributed by atoms with Gasteiger partial charge in [0.15, 0.2) is 0 Å². The zero-order valence-corrected chi connectivity index (χ0v) is 42.0. The first-order valence-corrected chi connectivity index (χ1v) is 26.1. The zero-order valence-electron chi connectivity index (χ0n) is 42.0. The molecule has 5 heteroatoms. The molecule has 0 amide bonds. The second kappa shape index (κ2) is 19.5. The number of para-hydroxylation sites is 4. The molecule has 5 nitrogen and oxygen atoms in total. The normalized spacial score (nSPS) is 11.4. The van der Waals surface area contributed by atoms with E-state index in [-0.39, 0.29) is 0 Å². The van der Waals surface area contributed by atoms with Crippen molar-refractivity contribution in [1.82, 2.24) is 14.5 Å². The van der Waals surface area contributed by atoms with Crippen LogP contribution in [-0.2, 0) is 0 Å². The number of pyridine rings is 2. The lowest BCUT2D eigenvalue weighted by molar-refractivity contribution is 1.18. The first-order chi connectivity index (χ1) is 38.2. The summed E-state index contributed by atoms with van der Waals surface area (Å²) >= 11 is 0. The van der Waals surface area contributed by atoms with Gasteiger partial charge in [0.05, 0.1) is 22.1 Å². The Balaban J connectivity index is 0.825. The Bertz CT molecular complexity index is 4130. The van der Waals surface area contributed by atoms with Gasteiger partial charge in [-0.25, -0.2) is 0 Å². The number of anilines is 6. The number of fused-ring (bicyclic) bond motifs is 6. The molecule has 14 rings (SSSR count). The first kappa shape index (κ1) is 45.3. The molecule has 0 spiro atoms. The minimum Gasteiger partial charge on any atom is -0.311 e. The highest BCUT2D eigenvalue weighted by atomic mass is 15.1. The van der Waals surface area contributed by atoms with Crippen molar-refractivity contribution in [2.24, 2.45) is 0 Å². The minimum atomic E-state index is 0.925. The molecule has 0 atom stereocenters. The topological polar surface area (TPSA) is 37.2 Å². The van der Waals surface area contributed by atoms with E-state index in [9.17, 15) is 0 Å². The van der Waals surface area contributed by atoms with Gasteiger partial charge in [0.1, 0.15) is 0 Å². The van der Waals surface area contributed by atoms with Crippen molar-refractivity contribution in [3.8, 4) is 50.2 Å². The van der Waals surface area contributed by atoms with E-state index in [0.717, 1.165) is 117 Å². The van der Waals surface area contributed by atoms with E-state index in [2.05, 4.69) is 298 Å². The predicted molar refractivity (Wildman–Crippen MR) is 322 cm³/mol. The average molecular weight is 984 g/mol. The fourth-order valence-electron chi connectivity index (χ4n) is 11.0. The fourth-order valence-corrected chi connectivity index (χ4v) is 11.0. The van der Waals surface area contributed by atoms with E-state index in [1.165, 1.54) is 10.8 Å². The van der Waals surface area contributed by atoms with Crippen LogP contribution in [0, 0.1) is 0 Å². The summed E-state index contributed by atoms with van der Waals surface area (Å²) in [5.74, 6) is 0. The Labute approximate surface area is 447 Å². The maximum atomic E-state index is 4.87. The summed E-state index contributed by atoms with van der Waals surface area (Å²) in [7, 11) is 0. The number of nitrogens with zero attached hydrogens (tertiary/aromatic N) is 5. The summed E-state index contributed by atoms with van der Waals surface area (Å²) in [4.78, 5) is 14.1. The Morgan fingerprint density at radius 1 is 0.260 bits per heavy atom. The zero-order chi connectivity index (χ0) is 51.1. The van der Waals surface area contributed by atoms with Crippen molar-refractivity contribution in [3.63, 3.8) is 0 Å². The van der Waals surface area contributed by atoms with Crippen LogP contribution in [0.25, 0.3) is 93.8 Å². The lowest BCUT2D eigenvalue weighted by Gasteiger charge is -2.25. The van der Waals surface area contributed by atoms with Gasteiger partial charge in [-0.1, -0.05) is 164 Å². The molecule has 77 heavy (non-hydrogen) atoms. The minimum absolute atomic E-state index is 0.925. The Morgan fingerprint density at radius 2 is 0.623 bits per heavy atom. The van der Waals surface area contributed by atoms with Gasteiger partial charge >= 0.3 is 0 Å². The molecular formula is C72H49N5. The Hall–Kier alpha value is -10.4. The van der Waals surface area contributed by atoms with Gasteiger partial charge in [0.25, 0.3) is 0 Å². The highest BCUT2D eigenvalue weighted by Gasteiger charge is 2.18. The second-order valence-electron chi connectivity index (χ2n) is 19.5. The van der Waals surface area contributed by atoms with Crippen molar-refractivity contribution < 1.29 is 0 Å². The molecular weight excluding hydrogens is 935 g/mol. The SMILES string of the molecule is c1ccc(N(c2ccccc2)c2ccc(-c3ccc4c(c3)c3cc(-c5ccc(N(c6ccccc6)c6ccccc6)cc5)ccc3n4-c3ccc(-c4ccc(-c5cnc6c(ccc7cccnc76)c5)cc4)cc3)cc2)cc1. The second-order valence-corrected chi connectivity index (χ2v) is 19.5. The summed E-state index contributed by atoms with van der Waals surface area (Å²) in [6.07, 6.45) is 3.79. The smallest absolute Gasteiger partial charge is 0.0964 e. The Kier molecular flexibility index (Phi) is 11.5. The van der Waals surface area contributed by atoms with E-state index in [0.29, 0.717) is 0 Å². The van der Waals surface area contributed by atoms with Crippen LogP contribution in [0.2, 0.25) is 0 Å². The van der Waals surface area contributed by atoms with E-state index in [1.807, 2.05) is 18.5 Å². The molecule has 0 fully saturated rings. The van der Waals surface area contributed by atoms with Crippen molar-refractivity contribution in [3.05, 3.63) is 298 Å². The van der Waals surface area contributed by atoms with Gasteiger partial charge in [0.2, 0.25) is 0 Å². The monoisotopic (exact) mass is 983 g/mol. The van der Waals surface area contributed by atoms with Gasteiger partial charge in [-0.2, -0.15) is 0 Å². The molecule has 14 aromatic rings. The van der Waals surface area contributed by atoms with Gasteiger partial charge in [-0.05, 0) is 160 Å². The van der Waals surface area contributed by atoms with Gasteiger partial charge in [-0.15, -0.1) is 0 Å². The van der Waals surface area contributed by atoms with Crippen LogP contribution in [0.5, 0.6) is 0 Å². The first-order valence-electron chi connectivity index (χ1n) is 26.1. The van der Waals surface area contributed by atoms with Crippen LogP contribution >= 0.6 is 0 Å². The maximum Gasteiger partial charge on any atom is 0.0964 e. The van der Waals surface area contributed by atoms with Gasteiger partial charge in [0, 0.05) is 79.3 Å². The van der Waals surface area contributed by atoms with Crippen LogP contribution in [0.3, 0.4) is 0 Å². The number of aromatic nitrogens is 3. The number of hydrogen-bond acceptors (Lipinski definition) is 4. The number of rotatable bonds is 11. The molecule has 0 aliphatic heterocycles. The van der Waals surface area contributed by atoms with E-state index in [4.69, 9.17) is 4.98 Å². The maximum absolute atomic E-state index is 4.87. The number of hydrogen-bond donors (Lipinski definition) is 0. The molecule has 0 N–H and O–H groups in total. The molecule has 0 radical (unpaired) electrons. The van der Waals surface area contributed by atoms with E-state index < -0.39 is 0 Å². The fraction of sp³-hybridized carbons (Fsp3) is 0. The highest BCUT2D eigenvalue weighted by molar-refractivity contribution is 6.12. The van der Waals surface area contributed by atoms with Gasteiger partial charge in [-0.3, -0.25) is 9.97 Å². The molecule has 0 saturated carbocycles. The summed E-state index contributed by atoms with van der Waals surface area (Å²) in [6.45, 7) is 0. The molecule has 3 heterocycles. The predicted octanol–water partition coefficient (Wildman–Crippen LogP) is 19.5. The third-order valence-corrected chi connectivity index (χ3v) is 14.8. The third kappa shape index (κ3) is 8.52. The molecule has 362 valence electrons. The molecule has 0 aliphatic rings. The van der Waals surface area contributed by atoms with E-state index in [1.54, 1.807) is 0 Å². The summed E-state index contributed by atoms with van der Waals surface area (Å²) in [5.41, 5.74) is 21.1. The van der Waals surface area contributed by atoms with Crippen LogP contribution in [0.4, 0.5) is 34.1 Å². The lowest BCUT2D eigenvalue weighted by Crippen LogP contribution is -2.09. The standard InChI is InChI=1S/C72H49N5/c1-5-15-60(16-6-1)75(61-17-7-2-8-18-61)64-37-31-52(32-38-64)56-35-43-69-67(47-56)68-48-57(53-33-39-65(40-34-53)76(62-19-9-3-10-20-62)63-21-11-4-12-22-63)36-44-70(68)77(69)66-41-29-51(30-42-66)50-23-25-54(26-24-50)59-46-58-28-27-55-14-13-45-73-71(55)72(58)74-49-59/h1-49H. The summed E-state index contributed by atoms with van der Waals surface area (Å²) < 4.78 is 2.41. The lowest BCUT2D eigenvalue weighted by atomic mass is 9.99. The number of benzene rings is 11. The third-order valence-electron chi connectivity index (χ3n) is 14.8. The van der Waals surface area contributed by atoms with Crippen molar-refractivity contribution in [1.29, 1.82) is 0 Å². The summed E-state index contributed by atoms with van der Waals surface area (Å²) in [6, 6.07) is 102. The Morgan fingerprint density at radius 3 is 1.09 bits per heavy atom. The highest BCUT2D eigenvalue weighted by Crippen LogP contribution is 2.41. The van der Waals surface area contributed by atoms with Crippen molar-refractivity contribution in [2.45, 2.75) is 0 Å². The average Bonchev–Trinajstić information content (AvgIpc) is 3.94. The molecule has 0 bridgehead atoms. The molecule has 0 unspecified atom stereocenters. The van der Waals surface area contributed by atoms with E-state index >= 15 is 0 Å². The van der Waals surface area contributed by atoms with Crippen LogP contribution in [0.15, 0.2) is 298 Å². The van der Waals surface area contributed by atoms with Crippen molar-refractivity contribution >= 4 is 77.7 Å². The van der Waals surface area contributed by atoms with Crippen LogP contribution in [0.1, 0.15) is 0 Å². The van der Waals surface area contributed by atoms with Gasteiger partial charge < -0.3 is 14.4 Å². The largest absolute Gasteiger partial charge is 0.311 e.